The summed E-state index contributed by atoms with van der Waals surface area (Å²) < 4.78 is 0. The van der Waals surface area contributed by atoms with Crippen LogP contribution in [0.5, 0.6) is 0 Å². The van der Waals surface area contributed by atoms with E-state index in [4.69, 9.17) is 0 Å². The maximum Gasteiger partial charge on any atom is 0.288 e. The van der Waals surface area contributed by atoms with E-state index in [1.807, 2.05) is 0 Å². The summed E-state index contributed by atoms with van der Waals surface area (Å²) in [6, 6.07) is 5.08. The lowest BCUT2D eigenvalue weighted by Crippen LogP contribution is -2.42. The molecule has 0 aliphatic heterocycles. The molecular formula is C15H19N3O2. The van der Waals surface area contributed by atoms with Crippen molar-refractivity contribution in [2.45, 2.75) is 32.1 Å². The summed E-state index contributed by atoms with van der Waals surface area (Å²) in [7, 11) is 0. The molecule has 2 aliphatic rings. The standard InChI is InChI=1S/C15H19N3O2/c19-14(9-12-8-10-4-5-11(12)7-10)17-18-15(20)13-3-1-2-6-16-13/h1-3,6,10-12H,4-5,7-9H2,(H,17,19)(H,18,20)/t10-,11-,12-/m1/s1. The summed E-state index contributed by atoms with van der Waals surface area (Å²) in [6.07, 6.45) is 7.13. The number of carbonyl (C=O) groups is 2. The van der Waals surface area contributed by atoms with Crippen LogP contribution in [-0.2, 0) is 4.79 Å². The Hall–Kier alpha value is -1.91. The number of nitrogens with zero attached hydrogens (tertiary/aromatic N) is 1. The molecule has 0 spiro atoms. The van der Waals surface area contributed by atoms with Crippen LogP contribution in [-0.4, -0.2) is 16.8 Å². The van der Waals surface area contributed by atoms with E-state index in [-0.39, 0.29) is 11.8 Å². The number of carbonyl (C=O) groups excluding carboxylic acids is 2. The topological polar surface area (TPSA) is 71.1 Å². The monoisotopic (exact) mass is 273 g/mol. The number of pyridine rings is 1. The molecule has 1 aromatic rings. The highest BCUT2D eigenvalue weighted by molar-refractivity contribution is 5.93. The number of fused-ring (bicyclic) bond motifs is 2. The van der Waals surface area contributed by atoms with E-state index in [1.54, 1.807) is 24.4 Å². The van der Waals surface area contributed by atoms with Gasteiger partial charge >= 0.3 is 0 Å². The van der Waals surface area contributed by atoms with E-state index in [0.717, 1.165) is 11.8 Å². The van der Waals surface area contributed by atoms with E-state index < -0.39 is 0 Å². The SMILES string of the molecule is O=C(C[C@H]1C[C@@H]2CC[C@@H]1C2)NNC(=O)c1ccccn1. The molecule has 2 amide bonds. The lowest BCUT2D eigenvalue weighted by molar-refractivity contribution is -0.123. The molecule has 1 heterocycles. The van der Waals surface area contributed by atoms with Crippen LogP contribution in [0.2, 0.25) is 0 Å². The van der Waals surface area contributed by atoms with E-state index in [0.29, 0.717) is 18.0 Å². The third kappa shape index (κ3) is 2.81. The molecule has 2 N–H and O–H groups in total. The zero-order valence-electron chi connectivity index (χ0n) is 11.3. The maximum absolute atomic E-state index is 11.9. The number of hydrogen-bond acceptors (Lipinski definition) is 3. The second-order valence-electron chi connectivity index (χ2n) is 5.86. The van der Waals surface area contributed by atoms with Crippen LogP contribution in [0, 0.1) is 17.8 Å². The Morgan fingerprint density at radius 2 is 2.10 bits per heavy atom. The van der Waals surface area contributed by atoms with Gasteiger partial charge in [-0.2, -0.15) is 0 Å². The predicted molar refractivity (Wildman–Crippen MR) is 73.4 cm³/mol. The van der Waals surface area contributed by atoms with Crippen LogP contribution in [0.3, 0.4) is 0 Å². The quantitative estimate of drug-likeness (QED) is 0.823. The molecule has 1 aromatic heterocycles. The molecule has 5 nitrogen and oxygen atoms in total. The van der Waals surface area contributed by atoms with Crippen molar-refractivity contribution in [1.29, 1.82) is 0 Å². The first kappa shape index (κ1) is 13.1. The van der Waals surface area contributed by atoms with E-state index >= 15 is 0 Å². The largest absolute Gasteiger partial charge is 0.288 e. The van der Waals surface area contributed by atoms with E-state index in [2.05, 4.69) is 15.8 Å². The molecule has 3 rings (SSSR count). The molecule has 2 aliphatic carbocycles. The van der Waals surface area contributed by atoms with Crippen LogP contribution in [0.1, 0.15) is 42.6 Å². The number of rotatable bonds is 3. The summed E-state index contributed by atoms with van der Waals surface area (Å²) in [6.45, 7) is 0. The van der Waals surface area contributed by atoms with Gasteiger partial charge in [0.25, 0.3) is 5.91 Å². The molecule has 5 heteroatoms. The molecule has 2 saturated carbocycles. The van der Waals surface area contributed by atoms with Crippen molar-refractivity contribution >= 4 is 11.8 Å². The van der Waals surface area contributed by atoms with Crippen molar-refractivity contribution < 1.29 is 9.59 Å². The Balaban J connectivity index is 1.44. The zero-order valence-corrected chi connectivity index (χ0v) is 11.3. The van der Waals surface area contributed by atoms with E-state index in [9.17, 15) is 9.59 Å². The van der Waals surface area contributed by atoms with Gasteiger partial charge in [-0.05, 0) is 49.1 Å². The maximum atomic E-state index is 11.9. The minimum atomic E-state index is -0.383. The minimum absolute atomic E-state index is 0.105. The first-order valence-corrected chi connectivity index (χ1v) is 7.22. The zero-order chi connectivity index (χ0) is 13.9. The molecule has 0 saturated heterocycles. The Morgan fingerprint density at radius 1 is 1.20 bits per heavy atom. The van der Waals surface area contributed by atoms with Gasteiger partial charge in [-0.15, -0.1) is 0 Å². The van der Waals surface area contributed by atoms with Gasteiger partial charge in [0.2, 0.25) is 5.91 Å². The molecule has 0 aromatic carbocycles. The Kier molecular flexibility index (Phi) is 3.67. The van der Waals surface area contributed by atoms with Gasteiger partial charge in [0.05, 0.1) is 0 Å². The van der Waals surface area contributed by atoms with Crippen LogP contribution in [0.15, 0.2) is 24.4 Å². The van der Waals surface area contributed by atoms with Crippen LogP contribution < -0.4 is 10.9 Å². The summed E-state index contributed by atoms with van der Waals surface area (Å²) >= 11 is 0. The molecule has 106 valence electrons. The number of hydrogen-bond donors (Lipinski definition) is 2. The molecule has 0 unspecified atom stereocenters. The fourth-order valence-electron chi connectivity index (χ4n) is 3.60. The number of amides is 2. The Bertz CT molecular complexity index is 503. The molecule has 20 heavy (non-hydrogen) atoms. The Morgan fingerprint density at radius 3 is 2.75 bits per heavy atom. The van der Waals surface area contributed by atoms with Crippen LogP contribution in [0.4, 0.5) is 0 Å². The number of hydrazine groups is 1. The van der Waals surface area contributed by atoms with Gasteiger partial charge in [-0.3, -0.25) is 25.4 Å². The third-order valence-electron chi connectivity index (χ3n) is 4.55. The lowest BCUT2D eigenvalue weighted by Gasteiger charge is -2.20. The van der Waals surface area contributed by atoms with Gasteiger partial charge in [0, 0.05) is 12.6 Å². The smallest absolute Gasteiger partial charge is 0.273 e. The predicted octanol–water partition coefficient (Wildman–Crippen LogP) is 1.67. The first-order chi connectivity index (χ1) is 9.72. The summed E-state index contributed by atoms with van der Waals surface area (Å²) in [5, 5.41) is 0. The molecule has 0 radical (unpaired) electrons. The molecule has 2 bridgehead atoms. The molecule has 2 fully saturated rings. The van der Waals surface area contributed by atoms with Crippen molar-refractivity contribution in [3.63, 3.8) is 0 Å². The molecular weight excluding hydrogens is 254 g/mol. The summed E-state index contributed by atoms with van der Waals surface area (Å²) in [4.78, 5) is 27.5. The first-order valence-electron chi connectivity index (χ1n) is 7.22. The van der Waals surface area contributed by atoms with Crippen molar-refractivity contribution in [2.75, 3.05) is 0 Å². The average Bonchev–Trinajstić information content (AvgIpc) is 3.08. The summed E-state index contributed by atoms with van der Waals surface area (Å²) in [5.41, 5.74) is 5.20. The van der Waals surface area contributed by atoms with Gasteiger partial charge in [0.1, 0.15) is 5.69 Å². The van der Waals surface area contributed by atoms with Gasteiger partial charge < -0.3 is 0 Å². The highest BCUT2D eigenvalue weighted by atomic mass is 16.2. The highest BCUT2D eigenvalue weighted by Crippen LogP contribution is 2.49. The number of nitrogens with one attached hydrogen (secondary N) is 2. The molecule has 3 atom stereocenters. The van der Waals surface area contributed by atoms with Crippen LogP contribution >= 0.6 is 0 Å². The van der Waals surface area contributed by atoms with Crippen molar-refractivity contribution in [3.05, 3.63) is 30.1 Å². The van der Waals surface area contributed by atoms with Gasteiger partial charge in [-0.1, -0.05) is 12.5 Å². The second kappa shape index (κ2) is 5.61. The van der Waals surface area contributed by atoms with Crippen molar-refractivity contribution in [1.82, 2.24) is 15.8 Å². The van der Waals surface area contributed by atoms with Gasteiger partial charge in [-0.25, -0.2) is 0 Å². The fraction of sp³-hybridized carbons (Fsp3) is 0.533. The van der Waals surface area contributed by atoms with Crippen molar-refractivity contribution in [3.8, 4) is 0 Å². The normalized spacial score (nSPS) is 27.3. The lowest BCUT2D eigenvalue weighted by atomic mass is 9.86. The third-order valence-corrected chi connectivity index (χ3v) is 4.55. The average molecular weight is 273 g/mol. The van der Waals surface area contributed by atoms with Crippen molar-refractivity contribution in [2.24, 2.45) is 17.8 Å². The van der Waals surface area contributed by atoms with Crippen LogP contribution in [0.25, 0.3) is 0 Å². The summed E-state index contributed by atoms with van der Waals surface area (Å²) in [5.74, 6) is 1.57. The van der Waals surface area contributed by atoms with Gasteiger partial charge in [0.15, 0.2) is 0 Å². The highest BCUT2D eigenvalue weighted by Gasteiger charge is 2.40. The number of aromatic nitrogens is 1. The second-order valence-corrected chi connectivity index (χ2v) is 5.86. The minimum Gasteiger partial charge on any atom is -0.273 e. The fourth-order valence-corrected chi connectivity index (χ4v) is 3.60. The Labute approximate surface area is 118 Å². The van der Waals surface area contributed by atoms with E-state index in [1.165, 1.54) is 25.7 Å².